The van der Waals surface area contributed by atoms with Gasteiger partial charge in [0.1, 0.15) is 10.6 Å². The first-order valence-corrected chi connectivity index (χ1v) is 8.81. The molecule has 6 heteroatoms. The van der Waals surface area contributed by atoms with Gasteiger partial charge in [-0.05, 0) is 50.3 Å². The average Bonchev–Trinajstić information content (AvgIpc) is 2.43. The van der Waals surface area contributed by atoms with Gasteiger partial charge in [0.15, 0.2) is 0 Å². The van der Waals surface area contributed by atoms with Crippen LogP contribution in [0.4, 0.5) is 5.69 Å². The molecule has 0 saturated heterocycles. The molecule has 0 radical (unpaired) electrons. The molecule has 0 aliphatic heterocycles. The third kappa shape index (κ3) is 3.68. The Morgan fingerprint density at radius 3 is 2.52 bits per heavy atom. The maximum absolute atomic E-state index is 11.8. The van der Waals surface area contributed by atoms with Gasteiger partial charge in [-0.1, -0.05) is 13.8 Å². The summed E-state index contributed by atoms with van der Waals surface area (Å²) in [6.45, 7) is 4.52. The van der Waals surface area contributed by atoms with E-state index >= 15 is 0 Å². The first kappa shape index (κ1) is 16.1. The summed E-state index contributed by atoms with van der Waals surface area (Å²) in [4.78, 5) is 0.0861. The first-order chi connectivity index (χ1) is 9.83. The molecule has 0 spiro atoms. The van der Waals surface area contributed by atoms with E-state index in [0.717, 1.165) is 25.2 Å². The van der Waals surface area contributed by atoms with Crippen molar-refractivity contribution in [3.63, 3.8) is 0 Å². The second-order valence-electron chi connectivity index (χ2n) is 5.91. The average molecular weight is 312 g/mol. The van der Waals surface area contributed by atoms with Crippen LogP contribution in [-0.4, -0.2) is 21.6 Å². The molecule has 0 aromatic heterocycles. The van der Waals surface area contributed by atoms with Crippen LogP contribution in [0.25, 0.3) is 0 Å². The number of nitrogens with one attached hydrogen (secondary N) is 1. The Morgan fingerprint density at radius 1 is 1.24 bits per heavy atom. The fraction of sp³-hybridized carbons (Fsp3) is 0.600. The van der Waals surface area contributed by atoms with Crippen molar-refractivity contribution in [2.75, 3.05) is 12.8 Å². The van der Waals surface area contributed by atoms with E-state index < -0.39 is 10.0 Å². The predicted octanol–water partition coefficient (Wildman–Crippen LogP) is 2.38. The van der Waals surface area contributed by atoms with Crippen LogP contribution in [0.5, 0.6) is 5.75 Å². The molecule has 1 aromatic carbocycles. The molecule has 0 bridgehead atoms. The highest BCUT2D eigenvalue weighted by Crippen LogP contribution is 2.33. The molecule has 118 valence electrons. The smallest absolute Gasteiger partial charge is 0.242 e. The molecular formula is C15H24N2O3S. The SMILES string of the molecule is CNS(=O)(=O)c1ccc(OC2CCC(C)C(C)C2)cc1N. The largest absolute Gasteiger partial charge is 0.490 e. The van der Waals surface area contributed by atoms with Crippen LogP contribution in [0.1, 0.15) is 33.1 Å². The van der Waals surface area contributed by atoms with Crippen LogP contribution in [0, 0.1) is 11.8 Å². The Labute approximate surface area is 126 Å². The first-order valence-electron chi connectivity index (χ1n) is 7.33. The number of rotatable bonds is 4. The third-order valence-electron chi connectivity index (χ3n) is 4.39. The van der Waals surface area contributed by atoms with E-state index in [9.17, 15) is 8.42 Å². The van der Waals surface area contributed by atoms with E-state index in [1.54, 1.807) is 12.1 Å². The number of hydrogen-bond donors (Lipinski definition) is 2. The molecule has 1 aromatic rings. The highest BCUT2D eigenvalue weighted by molar-refractivity contribution is 7.89. The monoisotopic (exact) mass is 312 g/mol. The molecule has 1 fully saturated rings. The molecule has 21 heavy (non-hydrogen) atoms. The summed E-state index contributed by atoms with van der Waals surface area (Å²) in [7, 11) is -2.16. The molecule has 2 rings (SSSR count). The van der Waals surface area contributed by atoms with Crippen molar-refractivity contribution in [2.24, 2.45) is 11.8 Å². The van der Waals surface area contributed by atoms with Gasteiger partial charge < -0.3 is 10.5 Å². The second kappa shape index (κ2) is 6.23. The summed E-state index contributed by atoms with van der Waals surface area (Å²) >= 11 is 0. The van der Waals surface area contributed by atoms with Crippen molar-refractivity contribution in [3.05, 3.63) is 18.2 Å². The molecule has 0 heterocycles. The molecule has 5 nitrogen and oxygen atoms in total. The van der Waals surface area contributed by atoms with Gasteiger partial charge in [-0.25, -0.2) is 13.1 Å². The maximum Gasteiger partial charge on any atom is 0.242 e. The summed E-state index contributed by atoms with van der Waals surface area (Å²) < 4.78 is 31.8. The lowest BCUT2D eigenvalue weighted by molar-refractivity contribution is 0.101. The Bertz CT molecular complexity index is 601. The molecule has 3 unspecified atom stereocenters. The number of ether oxygens (including phenoxy) is 1. The van der Waals surface area contributed by atoms with Crippen LogP contribution in [0.15, 0.2) is 23.1 Å². The number of sulfonamides is 1. The van der Waals surface area contributed by atoms with Crippen molar-refractivity contribution in [1.82, 2.24) is 4.72 Å². The lowest BCUT2D eigenvalue weighted by atomic mass is 9.80. The lowest BCUT2D eigenvalue weighted by Crippen LogP contribution is -2.28. The van der Waals surface area contributed by atoms with Gasteiger partial charge in [0.05, 0.1) is 11.8 Å². The third-order valence-corrected chi connectivity index (χ3v) is 5.88. The van der Waals surface area contributed by atoms with Gasteiger partial charge in [0.25, 0.3) is 0 Å². The number of nitrogens with two attached hydrogens (primary N) is 1. The minimum absolute atomic E-state index is 0.0861. The zero-order valence-electron chi connectivity index (χ0n) is 12.8. The van der Waals surface area contributed by atoms with Crippen molar-refractivity contribution < 1.29 is 13.2 Å². The molecule has 3 atom stereocenters. The topological polar surface area (TPSA) is 81.4 Å². The fourth-order valence-corrected chi connectivity index (χ4v) is 3.59. The van der Waals surface area contributed by atoms with Gasteiger partial charge >= 0.3 is 0 Å². The predicted molar refractivity (Wildman–Crippen MR) is 83.7 cm³/mol. The zero-order valence-corrected chi connectivity index (χ0v) is 13.6. The van der Waals surface area contributed by atoms with E-state index in [1.807, 2.05) is 0 Å². The highest BCUT2D eigenvalue weighted by atomic mass is 32.2. The normalized spacial score (nSPS) is 26.5. The van der Waals surface area contributed by atoms with Gasteiger partial charge in [-0.2, -0.15) is 0 Å². The molecule has 1 saturated carbocycles. The molecule has 3 N–H and O–H groups in total. The minimum Gasteiger partial charge on any atom is -0.490 e. The number of nitrogen functional groups attached to an aromatic ring is 1. The Morgan fingerprint density at radius 2 is 1.95 bits per heavy atom. The molecular weight excluding hydrogens is 288 g/mol. The quantitative estimate of drug-likeness (QED) is 0.836. The van der Waals surface area contributed by atoms with E-state index in [4.69, 9.17) is 10.5 Å². The van der Waals surface area contributed by atoms with Gasteiger partial charge in [-0.3, -0.25) is 0 Å². The minimum atomic E-state index is -3.53. The number of anilines is 1. The van der Waals surface area contributed by atoms with Crippen molar-refractivity contribution >= 4 is 15.7 Å². The van der Waals surface area contributed by atoms with E-state index in [2.05, 4.69) is 18.6 Å². The van der Waals surface area contributed by atoms with Gasteiger partial charge in [0, 0.05) is 6.07 Å². The van der Waals surface area contributed by atoms with Crippen LogP contribution in [0.2, 0.25) is 0 Å². The molecule has 1 aliphatic rings. The van der Waals surface area contributed by atoms with Crippen molar-refractivity contribution in [1.29, 1.82) is 0 Å². The summed E-state index contributed by atoms with van der Waals surface area (Å²) in [5.74, 6) is 2.01. The summed E-state index contributed by atoms with van der Waals surface area (Å²) in [5, 5.41) is 0. The zero-order chi connectivity index (χ0) is 15.6. The summed E-state index contributed by atoms with van der Waals surface area (Å²) in [6.07, 6.45) is 3.40. The molecule has 1 aliphatic carbocycles. The molecule has 0 amide bonds. The van der Waals surface area contributed by atoms with Gasteiger partial charge in [-0.15, -0.1) is 0 Å². The van der Waals surface area contributed by atoms with Crippen molar-refractivity contribution in [2.45, 2.75) is 44.1 Å². The van der Waals surface area contributed by atoms with E-state index in [0.29, 0.717) is 11.7 Å². The van der Waals surface area contributed by atoms with Crippen LogP contribution < -0.4 is 15.2 Å². The van der Waals surface area contributed by atoms with Crippen LogP contribution in [0.3, 0.4) is 0 Å². The number of hydrogen-bond acceptors (Lipinski definition) is 4. The standard InChI is InChI=1S/C15H24N2O3S/c1-10-4-5-12(8-11(10)2)20-13-6-7-15(14(16)9-13)21(18,19)17-3/h6-7,9-12,17H,4-5,8,16H2,1-3H3. The Balaban J connectivity index is 2.11. The van der Waals surface area contributed by atoms with E-state index in [1.165, 1.54) is 13.1 Å². The summed E-state index contributed by atoms with van der Waals surface area (Å²) in [5.41, 5.74) is 6.05. The van der Waals surface area contributed by atoms with E-state index in [-0.39, 0.29) is 16.7 Å². The fourth-order valence-electron chi connectivity index (χ4n) is 2.75. The van der Waals surface area contributed by atoms with Crippen LogP contribution in [-0.2, 0) is 10.0 Å². The Hall–Kier alpha value is -1.27. The highest BCUT2D eigenvalue weighted by Gasteiger charge is 2.26. The van der Waals surface area contributed by atoms with Crippen LogP contribution >= 0.6 is 0 Å². The second-order valence-corrected chi connectivity index (χ2v) is 7.77. The maximum atomic E-state index is 11.8. The summed E-state index contributed by atoms with van der Waals surface area (Å²) in [6, 6.07) is 4.75. The van der Waals surface area contributed by atoms with Gasteiger partial charge in [0.2, 0.25) is 10.0 Å². The Kier molecular flexibility index (Phi) is 4.78. The lowest BCUT2D eigenvalue weighted by Gasteiger charge is -2.32. The number of benzene rings is 1. The van der Waals surface area contributed by atoms with Crippen molar-refractivity contribution in [3.8, 4) is 5.75 Å².